The van der Waals surface area contributed by atoms with Gasteiger partial charge in [-0.3, -0.25) is 4.98 Å². The van der Waals surface area contributed by atoms with Gasteiger partial charge in [-0.15, -0.1) is 0 Å². The molecule has 0 N–H and O–H groups in total. The topological polar surface area (TPSA) is 22.1 Å². The number of rotatable bonds is 20. The predicted octanol–water partition coefficient (Wildman–Crippen LogP) is 10.9. The van der Waals surface area contributed by atoms with Gasteiger partial charge in [-0.25, -0.2) is 0 Å². The summed E-state index contributed by atoms with van der Waals surface area (Å²) in [6.45, 7) is 10.3. The first-order valence-corrected chi connectivity index (χ1v) is 15.7. The van der Waals surface area contributed by atoms with Crippen molar-refractivity contribution in [3.8, 4) is 5.75 Å². The number of unbranched alkanes of at least 4 members (excludes halogenated alkanes) is 15. The fourth-order valence-electron chi connectivity index (χ4n) is 6.15. The van der Waals surface area contributed by atoms with Gasteiger partial charge in [0.2, 0.25) is 0 Å². The van der Waals surface area contributed by atoms with Gasteiger partial charge >= 0.3 is 0 Å². The highest BCUT2D eigenvalue weighted by molar-refractivity contribution is 5.31. The maximum atomic E-state index is 6.31. The van der Waals surface area contributed by atoms with E-state index in [-0.39, 0.29) is 0 Å². The molecule has 1 fully saturated rings. The van der Waals surface area contributed by atoms with E-state index in [0.717, 1.165) is 24.2 Å². The molecule has 0 saturated heterocycles. The average molecular weight is 486 g/mol. The molecule has 0 spiro atoms. The number of aromatic nitrogens is 1. The number of nitrogens with zero attached hydrogens (tertiary/aromatic N) is 1. The highest BCUT2D eigenvalue weighted by Gasteiger charge is 2.34. The molecule has 0 aromatic carbocycles. The van der Waals surface area contributed by atoms with E-state index in [0.29, 0.717) is 11.8 Å². The number of ether oxygens (including phenoxy) is 1. The third-order valence-electron chi connectivity index (χ3n) is 8.43. The summed E-state index contributed by atoms with van der Waals surface area (Å²) in [5.41, 5.74) is 1.23. The normalized spacial score (nSPS) is 20.4. The van der Waals surface area contributed by atoms with E-state index in [1.165, 1.54) is 128 Å². The Labute approximate surface area is 219 Å². The fraction of sp³-hybridized carbons (Fsp3) is 0.848. The van der Waals surface area contributed by atoms with Gasteiger partial charge in [-0.1, -0.05) is 130 Å². The average Bonchev–Trinajstić information content (AvgIpc) is 2.86. The maximum Gasteiger partial charge on any atom is 0.141 e. The van der Waals surface area contributed by atoms with Gasteiger partial charge in [0.1, 0.15) is 5.75 Å². The van der Waals surface area contributed by atoms with Crippen LogP contribution in [0.1, 0.15) is 161 Å². The molecule has 1 aliphatic carbocycles. The molecule has 3 atom stereocenters. The molecule has 202 valence electrons. The van der Waals surface area contributed by atoms with Crippen molar-refractivity contribution in [2.24, 2.45) is 17.8 Å². The molecular weight excluding hydrogens is 426 g/mol. The van der Waals surface area contributed by atoms with Gasteiger partial charge in [0, 0.05) is 12.1 Å². The third kappa shape index (κ3) is 12.7. The molecule has 0 unspecified atom stereocenters. The van der Waals surface area contributed by atoms with Crippen LogP contribution in [0.5, 0.6) is 5.75 Å². The second-order valence-corrected chi connectivity index (χ2v) is 12.0. The fourth-order valence-corrected chi connectivity index (χ4v) is 6.15. The molecule has 0 amide bonds. The van der Waals surface area contributed by atoms with E-state index in [1.807, 2.05) is 12.3 Å². The standard InChI is InChI=1S/C33H59NO/c1-5-6-7-8-9-10-11-12-13-14-15-16-17-18-19-20-26-35-32-22-21-25-34-33(32)31-27-29(4)23-24-30(31)28(2)3/h21-22,25,28-31H,5-20,23-24,26-27H2,1-4H3/t29-,30-,31+/m0/s1. The van der Waals surface area contributed by atoms with E-state index in [1.54, 1.807) is 0 Å². The van der Waals surface area contributed by atoms with Gasteiger partial charge in [-0.05, 0) is 49.1 Å². The van der Waals surface area contributed by atoms with Crippen LogP contribution >= 0.6 is 0 Å². The van der Waals surface area contributed by atoms with Gasteiger partial charge in [0.25, 0.3) is 0 Å². The molecule has 1 aliphatic rings. The van der Waals surface area contributed by atoms with E-state index in [4.69, 9.17) is 9.72 Å². The van der Waals surface area contributed by atoms with Gasteiger partial charge in [0.15, 0.2) is 0 Å². The monoisotopic (exact) mass is 485 g/mol. The lowest BCUT2D eigenvalue weighted by Crippen LogP contribution is -2.27. The second kappa shape index (κ2) is 19.1. The van der Waals surface area contributed by atoms with Crippen molar-refractivity contribution in [1.82, 2.24) is 4.98 Å². The SMILES string of the molecule is CCCCCCCCCCCCCCCCCCOc1cccnc1[C@@H]1C[C@@H](C)CC[C@H]1C(C)C. The molecule has 1 aromatic rings. The molecule has 2 heteroatoms. The largest absolute Gasteiger partial charge is 0.492 e. The molecule has 2 nitrogen and oxygen atoms in total. The molecule has 35 heavy (non-hydrogen) atoms. The first-order valence-electron chi connectivity index (χ1n) is 15.7. The zero-order valence-corrected chi connectivity index (χ0v) is 24.0. The van der Waals surface area contributed by atoms with Crippen molar-refractivity contribution in [1.29, 1.82) is 0 Å². The Morgan fingerprint density at radius 1 is 0.800 bits per heavy atom. The van der Waals surface area contributed by atoms with E-state index >= 15 is 0 Å². The molecule has 0 bridgehead atoms. The summed E-state index contributed by atoms with van der Waals surface area (Å²) >= 11 is 0. The van der Waals surface area contributed by atoms with Crippen molar-refractivity contribution < 1.29 is 4.74 Å². The van der Waals surface area contributed by atoms with E-state index < -0.39 is 0 Å². The molecule has 1 aromatic heterocycles. The van der Waals surface area contributed by atoms with E-state index in [9.17, 15) is 0 Å². The minimum Gasteiger partial charge on any atom is -0.492 e. The second-order valence-electron chi connectivity index (χ2n) is 12.0. The summed E-state index contributed by atoms with van der Waals surface area (Å²) in [6, 6.07) is 4.20. The van der Waals surface area contributed by atoms with E-state index in [2.05, 4.69) is 33.8 Å². The molecule has 0 radical (unpaired) electrons. The Kier molecular flexibility index (Phi) is 16.5. The highest BCUT2D eigenvalue weighted by Crippen LogP contribution is 2.45. The minimum atomic E-state index is 0.556. The van der Waals surface area contributed by atoms with Crippen molar-refractivity contribution >= 4 is 0 Å². The number of hydrogen-bond acceptors (Lipinski definition) is 2. The van der Waals surface area contributed by atoms with Gasteiger partial charge < -0.3 is 4.74 Å². The summed E-state index contributed by atoms with van der Waals surface area (Å²) in [5, 5.41) is 0. The lowest BCUT2D eigenvalue weighted by Gasteiger charge is -2.37. The molecule has 2 rings (SSSR count). The minimum absolute atomic E-state index is 0.556. The van der Waals surface area contributed by atoms with Gasteiger partial charge in [0.05, 0.1) is 12.3 Å². The van der Waals surface area contributed by atoms with Crippen LogP contribution in [0.15, 0.2) is 18.3 Å². The maximum absolute atomic E-state index is 6.31. The quantitative estimate of drug-likeness (QED) is 0.171. The lowest BCUT2D eigenvalue weighted by atomic mass is 9.68. The summed E-state index contributed by atoms with van der Waals surface area (Å²) < 4.78 is 6.31. The van der Waals surface area contributed by atoms with Crippen LogP contribution in [0.4, 0.5) is 0 Å². The first kappa shape index (κ1) is 30.2. The van der Waals surface area contributed by atoms with Crippen molar-refractivity contribution in [2.45, 2.75) is 156 Å². The first-order chi connectivity index (χ1) is 17.1. The molecule has 1 heterocycles. The Morgan fingerprint density at radius 2 is 1.34 bits per heavy atom. The van der Waals surface area contributed by atoms with Crippen molar-refractivity contribution in [3.05, 3.63) is 24.0 Å². The van der Waals surface area contributed by atoms with Gasteiger partial charge in [-0.2, -0.15) is 0 Å². The van der Waals surface area contributed by atoms with Crippen molar-refractivity contribution in [3.63, 3.8) is 0 Å². The van der Waals surface area contributed by atoms with Crippen LogP contribution in [0.25, 0.3) is 0 Å². The van der Waals surface area contributed by atoms with Crippen LogP contribution in [0.3, 0.4) is 0 Å². The third-order valence-corrected chi connectivity index (χ3v) is 8.43. The smallest absolute Gasteiger partial charge is 0.141 e. The molecule has 0 aliphatic heterocycles. The summed E-state index contributed by atoms with van der Waals surface area (Å²) in [7, 11) is 0. The number of pyridine rings is 1. The highest BCUT2D eigenvalue weighted by atomic mass is 16.5. The Morgan fingerprint density at radius 3 is 1.89 bits per heavy atom. The van der Waals surface area contributed by atoms with Crippen molar-refractivity contribution in [2.75, 3.05) is 6.61 Å². The summed E-state index contributed by atoms with van der Waals surface area (Å²) in [6.07, 6.45) is 28.4. The molecular formula is C33H59NO. The van der Waals surface area contributed by atoms with Crippen LogP contribution in [0, 0.1) is 17.8 Å². The Balaban J connectivity index is 1.51. The zero-order valence-electron chi connectivity index (χ0n) is 24.0. The zero-order chi connectivity index (χ0) is 25.1. The Hall–Kier alpha value is -1.05. The van der Waals surface area contributed by atoms with Crippen LogP contribution in [0.2, 0.25) is 0 Å². The Bertz CT molecular complexity index is 627. The predicted molar refractivity (Wildman–Crippen MR) is 153 cm³/mol. The van der Waals surface area contributed by atoms with Crippen LogP contribution in [-0.4, -0.2) is 11.6 Å². The molecule has 1 saturated carbocycles. The summed E-state index contributed by atoms with van der Waals surface area (Å²) in [5.74, 6) is 3.85. The lowest BCUT2D eigenvalue weighted by molar-refractivity contribution is 0.188. The van der Waals surface area contributed by atoms with Crippen LogP contribution in [-0.2, 0) is 0 Å². The number of hydrogen-bond donors (Lipinski definition) is 0. The van der Waals surface area contributed by atoms with Crippen LogP contribution < -0.4 is 4.74 Å². The summed E-state index contributed by atoms with van der Waals surface area (Å²) in [4.78, 5) is 4.84.